The number of hydrogen-bond donors (Lipinski definition) is 3. The molecule has 0 aliphatic heterocycles. The van der Waals surface area contributed by atoms with Crippen LogP contribution in [0.25, 0.3) is 0 Å². The van der Waals surface area contributed by atoms with Crippen molar-refractivity contribution in [3.8, 4) is 5.75 Å². The maximum absolute atomic E-state index is 12.4. The van der Waals surface area contributed by atoms with Gasteiger partial charge < -0.3 is 20.3 Å². The fraction of sp³-hybridized carbons (Fsp3) is 0.364. The molecule has 2 aromatic carbocycles. The fourth-order valence-corrected chi connectivity index (χ4v) is 2.95. The Morgan fingerprint density at radius 3 is 2.21 bits per heavy atom. The summed E-state index contributed by atoms with van der Waals surface area (Å²) in [5, 5.41) is 5.82. The van der Waals surface area contributed by atoms with E-state index in [9.17, 15) is 9.59 Å². The van der Waals surface area contributed by atoms with Crippen LogP contribution >= 0.6 is 0 Å². The largest absolute Gasteiger partial charge is 0.497 e. The highest BCUT2D eigenvalue weighted by atomic mass is 16.5. The molecule has 6 heteroatoms. The molecule has 2 atom stereocenters. The number of benzene rings is 2. The zero-order chi connectivity index (χ0) is 20.5. The summed E-state index contributed by atoms with van der Waals surface area (Å²) in [7, 11) is 3.42. The molecule has 0 spiro atoms. The molecule has 0 fully saturated rings. The number of likely N-dealkylation sites (N-methyl/N-ethyl adjacent to an activating group) is 1. The van der Waals surface area contributed by atoms with Crippen LogP contribution in [-0.4, -0.2) is 39.1 Å². The van der Waals surface area contributed by atoms with Crippen LogP contribution in [0.2, 0.25) is 0 Å². The first-order chi connectivity index (χ1) is 13.4. The molecule has 2 rings (SSSR count). The molecular weight excluding hydrogens is 354 g/mol. The minimum absolute atomic E-state index is 0.106. The lowest BCUT2D eigenvalue weighted by atomic mass is 9.97. The number of quaternary nitrogens is 1. The number of carbonyl (C=O) groups excluding carboxylic acids is 2. The summed E-state index contributed by atoms with van der Waals surface area (Å²) >= 11 is 0. The first-order valence-corrected chi connectivity index (χ1v) is 9.56. The molecule has 0 radical (unpaired) electrons. The highest BCUT2D eigenvalue weighted by Gasteiger charge is 2.16. The molecule has 0 saturated heterocycles. The van der Waals surface area contributed by atoms with Crippen molar-refractivity contribution < 1.29 is 19.2 Å². The molecule has 1 unspecified atom stereocenters. The van der Waals surface area contributed by atoms with Gasteiger partial charge in [-0.05, 0) is 48.2 Å². The molecule has 0 aliphatic rings. The van der Waals surface area contributed by atoms with Gasteiger partial charge in [0, 0.05) is 11.4 Å². The number of amides is 2. The third kappa shape index (κ3) is 6.39. The highest BCUT2D eigenvalue weighted by molar-refractivity contribution is 5.93. The second-order valence-electron chi connectivity index (χ2n) is 7.03. The van der Waals surface area contributed by atoms with Crippen molar-refractivity contribution in [1.82, 2.24) is 0 Å². The van der Waals surface area contributed by atoms with E-state index >= 15 is 0 Å². The first kappa shape index (κ1) is 21.4. The molecular formula is C22H30N3O3+. The van der Waals surface area contributed by atoms with Gasteiger partial charge >= 0.3 is 0 Å². The summed E-state index contributed by atoms with van der Waals surface area (Å²) in [6, 6.07) is 15.0. The van der Waals surface area contributed by atoms with Crippen LogP contribution in [0, 0.1) is 0 Å². The Bertz CT molecular complexity index is 790. The SMILES string of the molecule is CC[C@H](C)c1ccccc1NC(=O)C[NH+](C)CC(=O)Nc1ccc(OC)cc1. The van der Waals surface area contributed by atoms with Crippen molar-refractivity contribution in [3.05, 3.63) is 54.1 Å². The lowest BCUT2D eigenvalue weighted by molar-refractivity contribution is -0.862. The third-order valence-electron chi connectivity index (χ3n) is 4.68. The van der Waals surface area contributed by atoms with Gasteiger partial charge in [-0.25, -0.2) is 0 Å². The average Bonchev–Trinajstić information content (AvgIpc) is 2.68. The lowest BCUT2D eigenvalue weighted by Gasteiger charge is -2.17. The Labute approximate surface area is 166 Å². The number of anilines is 2. The Balaban J connectivity index is 1.86. The maximum Gasteiger partial charge on any atom is 0.279 e. The first-order valence-electron chi connectivity index (χ1n) is 9.56. The molecule has 28 heavy (non-hydrogen) atoms. The zero-order valence-corrected chi connectivity index (χ0v) is 17.0. The van der Waals surface area contributed by atoms with Crippen molar-refractivity contribution in [2.24, 2.45) is 0 Å². The van der Waals surface area contributed by atoms with Crippen molar-refractivity contribution in [3.63, 3.8) is 0 Å². The zero-order valence-electron chi connectivity index (χ0n) is 17.0. The third-order valence-corrected chi connectivity index (χ3v) is 4.68. The summed E-state index contributed by atoms with van der Waals surface area (Å²) in [6.07, 6.45) is 1.00. The van der Waals surface area contributed by atoms with Crippen LogP contribution in [0.15, 0.2) is 48.5 Å². The summed E-state index contributed by atoms with van der Waals surface area (Å²) in [5.41, 5.74) is 2.68. The van der Waals surface area contributed by atoms with Gasteiger partial charge in [-0.2, -0.15) is 0 Å². The van der Waals surface area contributed by atoms with Gasteiger partial charge in [-0.3, -0.25) is 9.59 Å². The minimum atomic E-state index is -0.143. The quantitative estimate of drug-likeness (QED) is 0.621. The summed E-state index contributed by atoms with van der Waals surface area (Å²) in [4.78, 5) is 25.4. The standard InChI is InChI=1S/C22H29N3O3/c1-5-16(2)19-8-6-7-9-20(19)24-22(27)15-25(3)14-21(26)23-17-10-12-18(28-4)13-11-17/h6-13,16H,5,14-15H2,1-4H3,(H,23,26)(H,24,27)/p+1/t16-/m0/s1. The van der Waals surface area contributed by atoms with E-state index in [1.165, 1.54) is 0 Å². The van der Waals surface area contributed by atoms with E-state index in [1.54, 1.807) is 31.4 Å². The maximum atomic E-state index is 12.4. The smallest absolute Gasteiger partial charge is 0.279 e. The Kier molecular flexibility index (Phi) is 8.02. The number of para-hydroxylation sites is 1. The van der Waals surface area contributed by atoms with Crippen LogP contribution in [0.5, 0.6) is 5.75 Å². The predicted octanol–water partition coefficient (Wildman–Crippen LogP) is 2.30. The average molecular weight is 385 g/mol. The van der Waals surface area contributed by atoms with Crippen molar-refractivity contribution in [1.29, 1.82) is 0 Å². The van der Waals surface area contributed by atoms with E-state index in [2.05, 4.69) is 24.5 Å². The van der Waals surface area contributed by atoms with E-state index in [4.69, 9.17) is 4.74 Å². The van der Waals surface area contributed by atoms with Gasteiger partial charge in [0.1, 0.15) is 5.75 Å². The molecule has 0 saturated carbocycles. The normalized spacial score (nSPS) is 12.7. The number of hydrogen-bond acceptors (Lipinski definition) is 3. The number of rotatable bonds is 9. The van der Waals surface area contributed by atoms with Crippen LogP contribution in [0.4, 0.5) is 11.4 Å². The molecule has 0 aliphatic carbocycles. The van der Waals surface area contributed by atoms with E-state index < -0.39 is 0 Å². The lowest BCUT2D eigenvalue weighted by Crippen LogP contribution is -3.11. The van der Waals surface area contributed by atoms with Gasteiger partial charge in [0.2, 0.25) is 0 Å². The molecule has 0 heterocycles. The van der Waals surface area contributed by atoms with Crippen LogP contribution in [0.1, 0.15) is 31.7 Å². The second kappa shape index (κ2) is 10.5. The number of carbonyl (C=O) groups is 2. The van der Waals surface area contributed by atoms with E-state index in [0.717, 1.165) is 28.3 Å². The monoisotopic (exact) mass is 384 g/mol. The van der Waals surface area contributed by atoms with Crippen LogP contribution in [-0.2, 0) is 9.59 Å². The Morgan fingerprint density at radius 2 is 1.61 bits per heavy atom. The number of nitrogens with one attached hydrogen (secondary N) is 3. The summed E-state index contributed by atoms with van der Waals surface area (Å²) < 4.78 is 5.10. The molecule has 0 aromatic heterocycles. The molecule has 3 N–H and O–H groups in total. The van der Waals surface area contributed by atoms with Crippen LogP contribution < -0.4 is 20.3 Å². The van der Waals surface area contributed by atoms with Crippen molar-refractivity contribution in [2.45, 2.75) is 26.2 Å². The van der Waals surface area contributed by atoms with Crippen LogP contribution in [0.3, 0.4) is 0 Å². The molecule has 2 aromatic rings. The fourth-order valence-electron chi connectivity index (χ4n) is 2.95. The molecule has 6 nitrogen and oxygen atoms in total. The van der Waals surface area contributed by atoms with Gasteiger partial charge in [-0.1, -0.05) is 32.0 Å². The second-order valence-corrected chi connectivity index (χ2v) is 7.03. The van der Waals surface area contributed by atoms with E-state index in [0.29, 0.717) is 11.6 Å². The van der Waals surface area contributed by atoms with Gasteiger partial charge in [-0.15, -0.1) is 0 Å². The Morgan fingerprint density at radius 1 is 1.00 bits per heavy atom. The molecule has 2 amide bonds. The topological polar surface area (TPSA) is 71.9 Å². The Hall–Kier alpha value is -2.86. The minimum Gasteiger partial charge on any atom is -0.497 e. The predicted molar refractivity (Wildman–Crippen MR) is 112 cm³/mol. The highest BCUT2D eigenvalue weighted by Crippen LogP contribution is 2.26. The number of methoxy groups -OCH3 is 1. The van der Waals surface area contributed by atoms with Gasteiger partial charge in [0.15, 0.2) is 13.1 Å². The van der Waals surface area contributed by atoms with Gasteiger partial charge in [0.25, 0.3) is 11.8 Å². The van der Waals surface area contributed by atoms with Gasteiger partial charge in [0.05, 0.1) is 14.2 Å². The molecule has 150 valence electrons. The summed E-state index contributed by atoms with van der Waals surface area (Å²) in [5.74, 6) is 0.855. The van der Waals surface area contributed by atoms with E-state index in [-0.39, 0.29) is 24.9 Å². The van der Waals surface area contributed by atoms with E-state index in [1.807, 2.05) is 31.3 Å². The summed E-state index contributed by atoms with van der Waals surface area (Å²) in [6.45, 7) is 4.69. The van der Waals surface area contributed by atoms with Crippen molar-refractivity contribution >= 4 is 23.2 Å². The van der Waals surface area contributed by atoms with Crippen molar-refractivity contribution in [2.75, 3.05) is 37.9 Å². The number of ether oxygens (including phenoxy) is 1. The molecule has 0 bridgehead atoms.